The molecule has 0 aliphatic carbocycles. The van der Waals surface area contributed by atoms with Gasteiger partial charge in [-0.15, -0.1) is 0 Å². The monoisotopic (exact) mass is 345 g/mol. The van der Waals surface area contributed by atoms with Crippen LogP contribution in [0.3, 0.4) is 0 Å². The number of nitrogens with one attached hydrogen (secondary N) is 1. The highest BCUT2D eigenvalue weighted by Gasteiger charge is 2.11. The molecule has 0 fully saturated rings. The fraction of sp³-hybridized carbons (Fsp3) is 0.167. The number of carbonyl (C=O) groups excluding carboxylic acids is 1. The van der Waals surface area contributed by atoms with Crippen LogP contribution in [0.2, 0.25) is 0 Å². The van der Waals surface area contributed by atoms with E-state index in [0.717, 1.165) is 11.1 Å². The van der Waals surface area contributed by atoms with Crippen LogP contribution in [0.4, 0.5) is 5.69 Å². The summed E-state index contributed by atoms with van der Waals surface area (Å²) in [5, 5.41) is 0. The summed E-state index contributed by atoms with van der Waals surface area (Å²) in [6.07, 6.45) is 2.94. The summed E-state index contributed by atoms with van der Waals surface area (Å²) < 4.78 is 31.6. The van der Waals surface area contributed by atoms with Crippen LogP contribution in [0.5, 0.6) is 0 Å². The van der Waals surface area contributed by atoms with E-state index in [2.05, 4.69) is 4.72 Å². The first kappa shape index (κ1) is 17.7. The summed E-state index contributed by atoms with van der Waals surface area (Å²) in [5.74, 6) is -0.497. The molecule has 126 valence electrons. The van der Waals surface area contributed by atoms with Gasteiger partial charge in [0.2, 0.25) is 10.0 Å². The molecule has 0 saturated heterocycles. The average molecular weight is 345 g/mol. The minimum atomic E-state index is -3.48. The maximum atomic E-state index is 12.2. The van der Waals surface area contributed by atoms with Crippen LogP contribution in [0.25, 0.3) is 6.08 Å². The molecule has 0 atom stereocenters. The highest BCUT2D eigenvalue weighted by Crippen LogP contribution is 2.14. The fourth-order valence-electron chi connectivity index (χ4n) is 2.03. The van der Waals surface area contributed by atoms with Gasteiger partial charge in [0.25, 0.3) is 0 Å². The third kappa shape index (κ3) is 5.89. The standard InChI is InChI=1S/C18H19NO4S/c1-2-23-18(20)13-10-15-8-11-17(12-9-15)19-24(21,22)14-16-6-4-3-5-7-16/h3-13,19H,2,14H2,1H3/b13-10+. The quantitative estimate of drug-likeness (QED) is 0.618. The van der Waals surface area contributed by atoms with Crippen molar-refractivity contribution in [3.05, 3.63) is 71.8 Å². The summed E-state index contributed by atoms with van der Waals surface area (Å²) in [4.78, 5) is 11.2. The second kappa shape index (κ2) is 8.31. The SMILES string of the molecule is CCOC(=O)/C=C/c1ccc(NS(=O)(=O)Cc2ccccc2)cc1. The van der Waals surface area contributed by atoms with E-state index in [0.29, 0.717) is 12.3 Å². The Morgan fingerprint density at radius 2 is 1.75 bits per heavy atom. The topological polar surface area (TPSA) is 72.5 Å². The van der Waals surface area contributed by atoms with Gasteiger partial charge in [-0.25, -0.2) is 13.2 Å². The van der Waals surface area contributed by atoms with Crippen LogP contribution < -0.4 is 4.72 Å². The predicted octanol–water partition coefficient (Wildman–Crippen LogP) is 3.20. The summed E-state index contributed by atoms with van der Waals surface area (Å²) in [7, 11) is -3.48. The van der Waals surface area contributed by atoms with E-state index in [1.807, 2.05) is 6.07 Å². The van der Waals surface area contributed by atoms with Crippen molar-refractivity contribution < 1.29 is 17.9 Å². The predicted molar refractivity (Wildman–Crippen MR) is 94.8 cm³/mol. The van der Waals surface area contributed by atoms with Crippen molar-refractivity contribution in [3.63, 3.8) is 0 Å². The molecule has 2 aromatic rings. The number of rotatable bonds is 7. The van der Waals surface area contributed by atoms with Gasteiger partial charge >= 0.3 is 5.97 Å². The lowest BCUT2D eigenvalue weighted by molar-refractivity contribution is -0.137. The van der Waals surface area contributed by atoms with E-state index >= 15 is 0 Å². The van der Waals surface area contributed by atoms with E-state index in [1.54, 1.807) is 61.5 Å². The molecule has 2 aromatic carbocycles. The first-order valence-corrected chi connectivity index (χ1v) is 9.13. The van der Waals surface area contributed by atoms with Crippen molar-refractivity contribution in [3.8, 4) is 0 Å². The number of hydrogen-bond donors (Lipinski definition) is 1. The molecule has 0 bridgehead atoms. The number of benzene rings is 2. The van der Waals surface area contributed by atoms with Crippen LogP contribution in [0.15, 0.2) is 60.7 Å². The Morgan fingerprint density at radius 3 is 2.38 bits per heavy atom. The zero-order valence-corrected chi connectivity index (χ0v) is 14.1. The maximum Gasteiger partial charge on any atom is 0.330 e. The lowest BCUT2D eigenvalue weighted by Gasteiger charge is -2.08. The molecule has 0 spiro atoms. The zero-order valence-electron chi connectivity index (χ0n) is 13.3. The summed E-state index contributed by atoms with van der Waals surface area (Å²) in [6, 6.07) is 15.7. The number of ether oxygens (including phenoxy) is 1. The first-order valence-electron chi connectivity index (χ1n) is 7.48. The highest BCUT2D eigenvalue weighted by molar-refractivity contribution is 7.91. The van der Waals surface area contributed by atoms with Crippen LogP contribution in [-0.4, -0.2) is 21.0 Å². The van der Waals surface area contributed by atoms with Crippen molar-refractivity contribution in [1.29, 1.82) is 0 Å². The molecule has 24 heavy (non-hydrogen) atoms. The number of esters is 1. The number of sulfonamides is 1. The zero-order chi connectivity index (χ0) is 17.4. The van der Waals surface area contributed by atoms with E-state index in [-0.39, 0.29) is 5.75 Å². The number of carbonyl (C=O) groups is 1. The molecule has 0 amide bonds. The number of anilines is 1. The van der Waals surface area contributed by atoms with Gasteiger partial charge in [0, 0.05) is 11.8 Å². The smallest absolute Gasteiger partial charge is 0.330 e. The molecule has 0 saturated carbocycles. The van der Waals surface area contributed by atoms with Gasteiger partial charge in [0.15, 0.2) is 0 Å². The fourth-order valence-corrected chi connectivity index (χ4v) is 3.22. The van der Waals surface area contributed by atoms with Crippen molar-refractivity contribution in [2.24, 2.45) is 0 Å². The summed E-state index contributed by atoms with van der Waals surface area (Å²) >= 11 is 0. The molecule has 0 radical (unpaired) electrons. The first-order chi connectivity index (χ1) is 11.5. The molecule has 6 heteroatoms. The Hall–Kier alpha value is -2.60. The van der Waals surface area contributed by atoms with Gasteiger partial charge in [0.1, 0.15) is 0 Å². The molecular weight excluding hydrogens is 326 g/mol. The molecule has 2 rings (SSSR count). The molecule has 0 unspecified atom stereocenters. The molecule has 5 nitrogen and oxygen atoms in total. The van der Waals surface area contributed by atoms with E-state index in [1.165, 1.54) is 6.08 Å². The van der Waals surface area contributed by atoms with Crippen LogP contribution in [0, 0.1) is 0 Å². The van der Waals surface area contributed by atoms with Crippen LogP contribution >= 0.6 is 0 Å². The van der Waals surface area contributed by atoms with E-state index in [9.17, 15) is 13.2 Å². The second-order valence-electron chi connectivity index (χ2n) is 5.05. The Bertz CT molecular complexity index is 797. The van der Waals surface area contributed by atoms with E-state index < -0.39 is 16.0 Å². The third-order valence-electron chi connectivity index (χ3n) is 3.08. The summed E-state index contributed by atoms with van der Waals surface area (Å²) in [5.41, 5.74) is 1.97. The largest absolute Gasteiger partial charge is 0.463 e. The Labute approximate surface area is 142 Å². The van der Waals surface area contributed by atoms with Crippen molar-refractivity contribution in [1.82, 2.24) is 0 Å². The van der Waals surface area contributed by atoms with Gasteiger partial charge in [-0.2, -0.15) is 0 Å². The average Bonchev–Trinajstić information content (AvgIpc) is 2.54. The maximum absolute atomic E-state index is 12.2. The van der Waals surface area contributed by atoms with Gasteiger partial charge in [-0.1, -0.05) is 42.5 Å². The number of hydrogen-bond acceptors (Lipinski definition) is 4. The van der Waals surface area contributed by atoms with E-state index in [4.69, 9.17) is 4.74 Å². The highest BCUT2D eigenvalue weighted by atomic mass is 32.2. The van der Waals surface area contributed by atoms with Crippen molar-refractivity contribution in [2.75, 3.05) is 11.3 Å². The molecular formula is C18H19NO4S. The Kier molecular flexibility index (Phi) is 6.14. The normalized spacial score (nSPS) is 11.4. The lowest BCUT2D eigenvalue weighted by atomic mass is 10.2. The van der Waals surface area contributed by atoms with Crippen LogP contribution in [-0.2, 0) is 25.3 Å². The summed E-state index contributed by atoms with van der Waals surface area (Å²) in [6.45, 7) is 2.06. The molecule has 0 heterocycles. The molecule has 1 N–H and O–H groups in total. The minimum Gasteiger partial charge on any atom is -0.463 e. The van der Waals surface area contributed by atoms with Gasteiger partial charge < -0.3 is 4.74 Å². The lowest BCUT2D eigenvalue weighted by Crippen LogP contribution is -2.14. The molecule has 0 aromatic heterocycles. The van der Waals surface area contributed by atoms with Gasteiger partial charge in [-0.3, -0.25) is 4.72 Å². The van der Waals surface area contributed by atoms with Gasteiger partial charge in [0.05, 0.1) is 12.4 Å². The Morgan fingerprint density at radius 1 is 1.08 bits per heavy atom. The Balaban J connectivity index is 1.99. The second-order valence-corrected chi connectivity index (χ2v) is 6.78. The van der Waals surface area contributed by atoms with Crippen molar-refractivity contribution in [2.45, 2.75) is 12.7 Å². The van der Waals surface area contributed by atoms with Crippen LogP contribution in [0.1, 0.15) is 18.1 Å². The molecule has 0 aliphatic rings. The third-order valence-corrected chi connectivity index (χ3v) is 4.34. The van der Waals surface area contributed by atoms with Crippen molar-refractivity contribution >= 4 is 27.8 Å². The molecule has 0 aliphatic heterocycles. The van der Waals surface area contributed by atoms with Gasteiger partial charge in [-0.05, 0) is 36.3 Å². The minimum absolute atomic E-state index is 0.0850.